The van der Waals surface area contributed by atoms with Crippen molar-refractivity contribution >= 4 is 18.2 Å². The van der Waals surface area contributed by atoms with Gasteiger partial charge in [0.1, 0.15) is 0 Å². The number of amides is 2. The van der Waals surface area contributed by atoms with E-state index in [1.807, 2.05) is 10.6 Å². The molecule has 0 saturated heterocycles. The molecule has 0 aliphatic carbocycles. The van der Waals surface area contributed by atoms with Crippen molar-refractivity contribution < 1.29 is 29.0 Å². The minimum absolute atomic E-state index is 0.978. The number of rotatable bonds is 3. The second kappa shape index (κ2) is 5.62. The van der Waals surface area contributed by atoms with Crippen LogP contribution in [0.5, 0.6) is 0 Å². The largest absolute Gasteiger partial charge is 0.478 e. The number of carboxylic acids is 1. The minimum Gasteiger partial charge on any atom is -0.478 e. The van der Waals surface area contributed by atoms with Gasteiger partial charge >= 0.3 is 18.2 Å². The van der Waals surface area contributed by atoms with Gasteiger partial charge in [-0.2, -0.15) is 0 Å². The van der Waals surface area contributed by atoms with E-state index in [1.54, 1.807) is 0 Å². The van der Waals surface area contributed by atoms with Gasteiger partial charge in [0.25, 0.3) is 0 Å². The molecule has 0 aliphatic rings. The van der Waals surface area contributed by atoms with E-state index in [0.717, 1.165) is 14.2 Å². The first-order valence-corrected chi connectivity index (χ1v) is 3.43. The van der Waals surface area contributed by atoms with Crippen LogP contribution in [0.3, 0.4) is 0 Å². The molecule has 0 saturated carbocycles. The highest BCUT2D eigenvalue weighted by Gasteiger charge is 2.22. The Kier molecular flexibility index (Phi) is 4.82. The molecule has 0 fully saturated rings. The van der Waals surface area contributed by atoms with E-state index >= 15 is 0 Å². The number of ether oxygens (including phenoxy) is 2. The Labute approximate surface area is 79.2 Å². The van der Waals surface area contributed by atoms with Gasteiger partial charge in [0.15, 0.2) is 0 Å². The van der Waals surface area contributed by atoms with Crippen LogP contribution >= 0.6 is 0 Å². The molecule has 0 aromatic rings. The Balaban J connectivity index is 4.23. The number of carbonyl (C=O) groups is 3. The molecule has 0 heterocycles. The Morgan fingerprint density at radius 1 is 1.07 bits per heavy atom. The lowest BCUT2D eigenvalue weighted by molar-refractivity contribution is -0.140. The summed E-state index contributed by atoms with van der Waals surface area (Å²) >= 11 is 0. The van der Waals surface area contributed by atoms with E-state index in [2.05, 4.69) is 9.47 Å². The summed E-state index contributed by atoms with van der Waals surface area (Å²) in [7, 11) is 2.12. The maximum atomic E-state index is 10.6. The number of nitrogens with one attached hydrogen (secondary N) is 2. The molecule has 0 aliphatic heterocycles. The second-order valence-electron chi connectivity index (χ2n) is 2.04. The average molecular weight is 206 g/mol. The summed E-state index contributed by atoms with van der Waals surface area (Å²) in [5, 5.41) is 12.2. The van der Waals surface area contributed by atoms with Crippen LogP contribution < -0.4 is 10.6 Å². The van der Waals surface area contributed by atoms with E-state index < -0.39 is 24.3 Å². The lowest BCUT2D eigenvalue weighted by Gasteiger charge is -2.13. The number of alkyl carbamates (subject to hydrolysis) is 2. The summed E-state index contributed by atoms with van der Waals surface area (Å²) < 4.78 is 8.28. The zero-order valence-corrected chi connectivity index (χ0v) is 7.57. The van der Waals surface area contributed by atoms with E-state index in [0.29, 0.717) is 0 Å². The molecule has 14 heavy (non-hydrogen) atoms. The van der Waals surface area contributed by atoms with Crippen molar-refractivity contribution in [2.45, 2.75) is 6.17 Å². The monoisotopic (exact) mass is 206 g/mol. The van der Waals surface area contributed by atoms with Crippen LogP contribution in [0, 0.1) is 0 Å². The number of carboxylic acid groups (broad SMARTS) is 1. The SMILES string of the molecule is COC(=O)NC(NC(=O)OC)C(=O)O. The number of aliphatic carboxylic acids is 1. The normalized spacial score (nSPS) is 9.07. The van der Waals surface area contributed by atoms with Gasteiger partial charge in [-0.3, -0.25) is 10.6 Å². The van der Waals surface area contributed by atoms with Crippen molar-refractivity contribution in [3.8, 4) is 0 Å². The number of methoxy groups -OCH3 is 2. The predicted molar refractivity (Wildman–Crippen MR) is 42.5 cm³/mol. The lowest BCUT2D eigenvalue weighted by atomic mass is 10.5. The van der Waals surface area contributed by atoms with Gasteiger partial charge in [0.2, 0.25) is 6.17 Å². The van der Waals surface area contributed by atoms with Gasteiger partial charge in [-0.25, -0.2) is 14.4 Å². The maximum Gasteiger partial charge on any atom is 0.408 e. The van der Waals surface area contributed by atoms with Crippen molar-refractivity contribution in [1.29, 1.82) is 0 Å². The van der Waals surface area contributed by atoms with Gasteiger partial charge < -0.3 is 14.6 Å². The fraction of sp³-hybridized carbons (Fsp3) is 0.500. The second-order valence-corrected chi connectivity index (χ2v) is 2.04. The number of hydrogen-bond donors (Lipinski definition) is 3. The molecule has 0 spiro atoms. The van der Waals surface area contributed by atoms with Crippen molar-refractivity contribution in [3.05, 3.63) is 0 Å². The molecule has 0 aromatic carbocycles. The molecule has 8 nitrogen and oxygen atoms in total. The third-order valence-electron chi connectivity index (χ3n) is 1.14. The summed E-state index contributed by atoms with van der Waals surface area (Å²) in [4.78, 5) is 31.7. The fourth-order valence-corrected chi connectivity index (χ4v) is 0.513. The fourth-order valence-electron chi connectivity index (χ4n) is 0.513. The molecular formula is C6H10N2O6. The quantitative estimate of drug-likeness (QED) is 0.516. The highest BCUT2D eigenvalue weighted by Crippen LogP contribution is 1.83. The molecule has 3 N–H and O–H groups in total. The van der Waals surface area contributed by atoms with Crippen LogP contribution in [0.15, 0.2) is 0 Å². The topological polar surface area (TPSA) is 114 Å². The molecule has 2 amide bonds. The first kappa shape index (κ1) is 12.0. The zero-order chi connectivity index (χ0) is 11.1. The van der Waals surface area contributed by atoms with E-state index in [1.165, 1.54) is 0 Å². The van der Waals surface area contributed by atoms with Gasteiger partial charge in [0, 0.05) is 0 Å². The van der Waals surface area contributed by atoms with Gasteiger partial charge in [0.05, 0.1) is 14.2 Å². The van der Waals surface area contributed by atoms with Crippen molar-refractivity contribution in [2.75, 3.05) is 14.2 Å². The summed E-state index contributed by atoms with van der Waals surface area (Å²) in [6.07, 6.45) is -3.54. The first-order chi connectivity index (χ1) is 6.51. The molecule has 0 bridgehead atoms. The molecule has 8 heteroatoms. The molecular weight excluding hydrogens is 196 g/mol. The number of hydrogen-bond acceptors (Lipinski definition) is 5. The van der Waals surface area contributed by atoms with Crippen LogP contribution in [0.25, 0.3) is 0 Å². The number of carbonyl (C=O) groups excluding carboxylic acids is 2. The molecule has 0 rings (SSSR count). The van der Waals surface area contributed by atoms with Gasteiger partial charge in [-0.1, -0.05) is 0 Å². The molecule has 0 aromatic heterocycles. The Hall–Kier alpha value is -1.99. The summed E-state index contributed by atoms with van der Waals surface area (Å²) in [6.45, 7) is 0. The molecule has 0 unspecified atom stereocenters. The predicted octanol–water partition coefficient (Wildman–Crippen LogP) is -0.891. The van der Waals surface area contributed by atoms with E-state index in [-0.39, 0.29) is 0 Å². The molecule has 80 valence electrons. The zero-order valence-electron chi connectivity index (χ0n) is 7.57. The Morgan fingerprint density at radius 3 is 1.64 bits per heavy atom. The summed E-state index contributed by atoms with van der Waals surface area (Å²) in [6, 6.07) is 0. The molecule has 0 atom stereocenters. The van der Waals surface area contributed by atoms with Crippen LogP contribution in [-0.2, 0) is 14.3 Å². The standard InChI is InChI=1S/C6H10N2O6/c1-13-5(11)7-3(4(9)10)8-6(12)14-2/h3H,1-2H3,(H,7,11)(H,8,12)(H,9,10). The van der Waals surface area contributed by atoms with Crippen molar-refractivity contribution in [1.82, 2.24) is 10.6 Å². The van der Waals surface area contributed by atoms with Crippen LogP contribution in [-0.4, -0.2) is 43.6 Å². The third-order valence-corrected chi connectivity index (χ3v) is 1.14. The highest BCUT2D eigenvalue weighted by molar-refractivity contribution is 5.83. The first-order valence-electron chi connectivity index (χ1n) is 3.43. The highest BCUT2D eigenvalue weighted by atomic mass is 16.5. The van der Waals surface area contributed by atoms with Crippen LogP contribution in [0.4, 0.5) is 9.59 Å². The van der Waals surface area contributed by atoms with Crippen molar-refractivity contribution in [2.24, 2.45) is 0 Å². The van der Waals surface area contributed by atoms with Crippen molar-refractivity contribution in [3.63, 3.8) is 0 Å². The maximum absolute atomic E-state index is 10.6. The lowest BCUT2D eigenvalue weighted by Crippen LogP contribution is -2.52. The van der Waals surface area contributed by atoms with Gasteiger partial charge in [-0.15, -0.1) is 0 Å². The van der Waals surface area contributed by atoms with Gasteiger partial charge in [-0.05, 0) is 0 Å². The summed E-state index contributed by atoms with van der Waals surface area (Å²) in [5.74, 6) is -1.44. The summed E-state index contributed by atoms with van der Waals surface area (Å²) in [5.41, 5.74) is 0. The van der Waals surface area contributed by atoms with Crippen LogP contribution in [0.2, 0.25) is 0 Å². The average Bonchev–Trinajstić information content (AvgIpc) is 2.16. The Morgan fingerprint density at radius 2 is 1.43 bits per heavy atom. The minimum atomic E-state index is -1.59. The molecule has 0 radical (unpaired) electrons. The van der Waals surface area contributed by atoms with E-state index in [9.17, 15) is 14.4 Å². The smallest absolute Gasteiger partial charge is 0.408 e. The van der Waals surface area contributed by atoms with E-state index in [4.69, 9.17) is 5.11 Å². The Bertz CT molecular complexity index is 222. The third kappa shape index (κ3) is 4.14. The van der Waals surface area contributed by atoms with Crippen LogP contribution in [0.1, 0.15) is 0 Å².